The predicted molar refractivity (Wildman–Crippen MR) is 119 cm³/mol. The first-order valence-electron chi connectivity index (χ1n) is 10.2. The minimum Gasteiger partial charge on any atom is -0.338 e. The van der Waals surface area contributed by atoms with Crippen LogP contribution >= 0.6 is 11.8 Å². The Morgan fingerprint density at radius 2 is 2.03 bits per heavy atom. The van der Waals surface area contributed by atoms with Crippen LogP contribution < -0.4 is 0 Å². The van der Waals surface area contributed by atoms with Gasteiger partial charge in [-0.15, -0.1) is 0 Å². The summed E-state index contributed by atoms with van der Waals surface area (Å²) in [6.45, 7) is 6.66. The Kier molecular flexibility index (Phi) is 4.66. The van der Waals surface area contributed by atoms with E-state index >= 15 is 0 Å². The quantitative estimate of drug-likeness (QED) is 0.624. The Labute approximate surface area is 175 Å². The fraction of sp³-hybridized carbons (Fsp3) is 0.348. The molecule has 2 aliphatic rings. The number of aliphatic imine (C=N–C) groups is 1. The Hall–Kier alpha value is -2.60. The van der Waals surface area contributed by atoms with Gasteiger partial charge in [-0.3, -0.25) is 15.0 Å². The standard InChI is InChI=1S/C23H25N5S/c1-4-17-14-29-23-26-21(20-9-5-6-11-25-20)22(28(17)23)19-12-15(2)27(16(19)3)18-8-7-10-24-13-18/h5-13,17,21-22H,4,14H2,1-3H3/t17-,21+,22-/m1/s1. The average molecular weight is 404 g/mol. The molecule has 3 atom stereocenters. The lowest BCUT2D eigenvalue weighted by molar-refractivity contribution is 0.254. The van der Waals surface area contributed by atoms with E-state index < -0.39 is 0 Å². The van der Waals surface area contributed by atoms with Crippen molar-refractivity contribution in [2.45, 2.75) is 45.3 Å². The molecule has 0 aliphatic carbocycles. The molecule has 148 valence electrons. The summed E-state index contributed by atoms with van der Waals surface area (Å²) in [4.78, 5) is 16.7. The predicted octanol–water partition coefficient (Wildman–Crippen LogP) is 4.86. The van der Waals surface area contributed by atoms with Gasteiger partial charge in [0, 0.05) is 35.6 Å². The SMILES string of the molecule is CC[C@@H]1CSC2=N[C@@H](c3ccccn3)[C@@H](c3cc(C)n(-c4cccnc4)c3C)N21. The molecule has 5 rings (SSSR count). The third-order valence-electron chi connectivity index (χ3n) is 6.02. The largest absolute Gasteiger partial charge is 0.338 e. The third-order valence-corrected chi connectivity index (χ3v) is 7.15. The van der Waals surface area contributed by atoms with Gasteiger partial charge in [-0.05, 0) is 56.2 Å². The van der Waals surface area contributed by atoms with Crippen molar-refractivity contribution in [3.8, 4) is 5.69 Å². The molecule has 0 N–H and O–H groups in total. The zero-order valence-corrected chi connectivity index (χ0v) is 17.8. The minimum absolute atomic E-state index is 0.0240. The van der Waals surface area contributed by atoms with Gasteiger partial charge in [0.2, 0.25) is 0 Å². The highest BCUT2D eigenvalue weighted by Crippen LogP contribution is 2.49. The van der Waals surface area contributed by atoms with E-state index in [1.165, 1.54) is 22.1 Å². The normalized spacial score (nSPS) is 23.3. The second-order valence-corrected chi connectivity index (χ2v) is 8.70. The third kappa shape index (κ3) is 2.97. The number of hydrogen-bond donors (Lipinski definition) is 0. The van der Waals surface area contributed by atoms with E-state index in [9.17, 15) is 0 Å². The lowest BCUT2D eigenvalue weighted by atomic mass is 9.95. The number of aromatic nitrogens is 3. The second kappa shape index (κ2) is 7.34. The number of amidine groups is 1. The number of aryl methyl sites for hydroxylation is 1. The summed E-state index contributed by atoms with van der Waals surface area (Å²) in [5.41, 5.74) is 5.95. The van der Waals surface area contributed by atoms with E-state index in [0.29, 0.717) is 6.04 Å². The van der Waals surface area contributed by atoms with Gasteiger partial charge >= 0.3 is 0 Å². The molecular formula is C23H25N5S. The van der Waals surface area contributed by atoms with E-state index in [-0.39, 0.29) is 12.1 Å². The van der Waals surface area contributed by atoms with Crippen LogP contribution in [0.1, 0.15) is 48.1 Å². The van der Waals surface area contributed by atoms with Gasteiger partial charge in [-0.25, -0.2) is 0 Å². The highest BCUT2D eigenvalue weighted by Gasteiger charge is 2.46. The van der Waals surface area contributed by atoms with E-state index in [1.807, 2.05) is 42.5 Å². The molecule has 6 heteroatoms. The summed E-state index contributed by atoms with van der Waals surface area (Å²) in [6, 6.07) is 13.3. The molecule has 29 heavy (non-hydrogen) atoms. The Morgan fingerprint density at radius 1 is 1.14 bits per heavy atom. The summed E-state index contributed by atoms with van der Waals surface area (Å²) in [7, 11) is 0. The van der Waals surface area contributed by atoms with Crippen LogP contribution in [0.3, 0.4) is 0 Å². The number of rotatable bonds is 4. The number of thioether (sulfide) groups is 1. The maximum Gasteiger partial charge on any atom is 0.160 e. The van der Waals surface area contributed by atoms with Crippen molar-refractivity contribution in [1.29, 1.82) is 0 Å². The van der Waals surface area contributed by atoms with Gasteiger partial charge in [0.25, 0.3) is 0 Å². The summed E-state index contributed by atoms with van der Waals surface area (Å²) in [6.07, 6.45) is 6.75. The Balaban J connectivity index is 1.64. The molecule has 5 nitrogen and oxygen atoms in total. The molecule has 1 saturated heterocycles. The van der Waals surface area contributed by atoms with Gasteiger partial charge in [0.05, 0.1) is 23.6 Å². The monoisotopic (exact) mass is 403 g/mol. The highest BCUT2D eigenvalue weighted by atomic mass is 32.2. The zero-order valence-electron chi connectivity index (χ0n) is 17.0. The van der Waals surface area contributed by atoms with Crippen molar-refractivity contribution in [3.05, 3.63) is 77.6 Å². The fourth-order valence-electron chi connectivity index (χ4n) is 4.66. The maximum absolute atomic E-state index is 5.15. The topological polar surface area (TPSA) is 46.3 Å². The molecule has 0 amide bonds. The maximum atomic E-state index is 5.15. The van der Waals surface area contributed by atoms with Crippen LogP contribution in [0, 0.1) is 13.8 Å². The van der Waals surface area contributed by atoms with E-state index in [4.69, 9.17) is 4.99 Å². The first kappa shape index (κ1) is 18.4. The van der Waals surface area contributed by atoms with Gasteiger partial charge in [-0.2, -0.15) is 0 Å². The number of pyridine rings is 2. The molecule has 0 radical (unpaired) electrons. The van der Waals surface area contributed by atoms with Crippen LogP contribution in [0.15, 0.2) is 60.0 Å². The highest BCUT2D eigenvalue weighted by molar-refractivity contribution is 8.14. The van der Waals surface area contributed by atoms with Crippen LogP contribution in [0.5, 0.6) is 0 Å². The van der Waals surface area contributed by atoms with Crippen LogP contribution in [-0.2, 0) is 0 Å². The van der Waals surface area contributed by atoms with Crippen molar-refractivity contribution in [1.82, 2.24) is 19.4 Å². The van der Waals surface area contributed by atoms with Crippen molar-refractivity contribution in [3.63, 3.8) is 0 Å². The van der Waals surface area contributed by atoms with Crippen LogP contribution in [-0.4, -0.2) is 36.4 Å². The van der Waals surface area contributed by atoms with E-state index in [0.717, 1.165) is 23.6 Å². The van der Waals surface area contributed by atoms with Gasteiger partial charge in [-0.1, -0.05) is 24.8 Å². The molecule has 0 unspecified atom stereocenters. The summed E-state index contributed by atoms with van der Waals surface area (Å²) in [5, 5.41) is 1.17. The smallest absolute Gasteiger partial charge is 0.160 e. The number of nitrogens with zero attached hydrogens (tertiary/aromatic N) is 5. The first-order valence-corrected chi connectivity index (χ1v) is 11.2. The molecule has 2 aliphatic heterocycles. The van der Waals surface area contributed by atoms with E-state index in [2.05, 4.69) is 64.5 Å². The average Bonchev–Trinajstić information content (AvgIpc) is 3.40. The van der Waals surface area contributed by atoms with Crippen molar-refractivity contribution in [2.75, 3.05) is 5.75 Å². The molecule has 3 aromatic rings. The molecule has 5 heterocycles. The van der Waals surface area contributed by atoms with Crippen molar-refractivity contribution >= 4 is 16.9 Å². The molecule has 1 fully saturated rings. The molecule has 0 spiro atoms. The lowest BCUT2D eigenvalue weighted by Gasteiger charge is -2.32. The lowest BCUT2D eigenvalue weighted by Crippen LogP contribution is -2.35. The molecule has 0 aromatic carbocycles. The number of hydrogen-bond acceptors (Lipinski definition) is 5. The van der Waals surface area contributed by atoms with Gasteiger partial charge in [0.15, 0.2) is 5.17 Å². The summed E-state index contributed by atoms with van der Waals surface area (Å²) in [5.74, 6) is 1.11. The van der Waals surface area contributed by atoms with Crippen LogP contribution in [0.25, 0.3) is 5.69 Å². The van der Waals surface area contributed by atoms with Crippen LogP contribution in [0.4, 0.5) is 0 Å². The summed E-state index contributed by atoms with van der Waals surface area (Å²) >= 11 is 1.89. The van der Waals surface area contributed by atoms with Gasteiger partial charge in [0.1, 0.15) is 6.04 Å². The summed E-state index contributed by atoms with van der Waals surface area (Å²) < 4.78 is 2.31. The van der Waals surface area contributed by atoms with E-state index in [1.54, 1.807) is 0 Å². The molecular weight excluding hydrogens is 378 g/mol. The van der Waals surface area contributed by atoms with Gasteiger partial charge < -0.3 is 9.47 Å². The molecule has 3 aromatic heterocycles. The second-order valence-electron chi connectivity index (χ2n) is 7.71. The molecule has 0 saturated carbocycles. The number of fused-ring (bicyclic) bond motifs is 1. The van der Waals surface area contributed by atoms with Crippen molar-refractivity contribution < 1.29 is 0 Å². The fourth-order valence-corrected chi connectivity index (χ4v) is 5.99. The first-order chi connectivity index (χ1) is 14.2. The molecule has 0 bridgehead atoms. The van der Waals surface area contributed by atoms with Crippen molar-refractivity contribution in [2.24, 2.45) is 4.99 Å². The van der Waals surface area contributed by atoms with Crippen LogP contribution in [0.2, 0.25) is 0 Å². The Bertz CT molecular complexity index is 1040. The minimum atomic E-state index is 0.0240. The zero-order chi connectivity index (χ0) is 20.0. The Morgan fingerprint density at radius 3 is 2.76 bits per heavy atom.